The first-order valence-corrected chi connectivity index (χ1v) is 7.19. The average Bonchev–Trinajstić information content (AvgIpc) is 2.81. The Labute approximate surface area is 107 Å². The Kier molecular flexibility index (Phi) is 4.18. The monoisotopic (exact) mass is 252 g/mol. The van der Waals surface area contributed by atoms with Gasteiger partial charge in [0.1, 0.15) is 0 Å². The molecule has 0 spiro atoms. The lowest BCUT2D eigenvalue weighted by Crippen LogP contribution is -2.52. The smallest absolute Gasteiger partial charge is 0.227 e. The highest BCUT2D eigenvalue weighted by atomic mass is 32.1. The van der Waals surface area contributed by atoms with E-state index < -0.39 is 0 Å². The number of rotatable bonds is 3. The van der Waals surface area contributed by atoms with E-state index in [2.05, 4.69) is 0 Å². The molecule has 1 aliphatic heterocycles. The Balaban J connectivity index is 2.01. The summed E-state index contributed by atoms with van der Waals surface area (Å²) < 4.78 is 0. The zero-order valence-electron chi connectivity index (χ0n) is 10.3. The number of carbonyl (C=O) groups is 1. The maximum atomic E-state index is 12.3. The molecule has 0 aromatic carbocycles. The number of nitrogens with two attached hydrogens (primary N) is 1. The largest absolute Gasteiger partial charge is 0.338 e. The van der Waals surface area contributed by atoms with Gasteiger partial charge in [-0.05, 0) is 48.6 Å². The highest BCUT2D eigenvalue weighted by Crippen LogP contribution is 2.20. The predicted octanol–water partition coefficient (Wildman–Crippen LogP) is 2.02. The van der Waals surface area contributed by atoms with E-state index >= 15 is 0 Å². The Morgan fingerprint density at radius 2 is 2.47 bits per heavy atom. The molecule has 1 saturated heterocycles. The molecule has 1 aliphatic rings. The summed E-state index contributed by atoms with van der Waals surface area (Å²) in [5.41, 5.74) is 7.10. The van der Waals surface area contributed by atoms with E-state index in [0.717, 1.165) is 24.9 Å². The van der Waals surface area contributed by atoms with Crippen molar-refractivity contribution in [2.45, 2.75) is 44.7 Å². The molecule has 3 nitrogen and oxygen atoms in total. The molecule has 2 N–H and O–H groups in total. The molecule has 2 atom stereocenters. The van der Waals surface area contributed by atoms with Crippen LogP contribution in [0.3, 0.4) is 0 Å². The molecule has 94 valence electrons. The molecule has 0 aliphatic carbocycles. The first-order valence-electron chi connectivity index (χ1n) is 6.24. The standard InChI is InChI=1S/C13H20N2OS/c1-10(14)12-4-2-3-6-15(12)13(16)8-11-5-7-17-9-11/h5,7,9-10,12H,2-4,6,8,14H2,1H3/t10-,12+/m0/s1. The molecule has 4 heteroatoms. The summed E-state index contributed by atoms with van der Waals surface area (Å²) in [6, 6.07) is 2.32. The lowest BCUT2D eigenvalue weighted by molar-refractivity contribution is -0.134. The van der Waals surface area contributed by atoms with Crippen LogP contribution < -0.4 is 5.73 Å². The average molecular weight is 252 g/mol. The minimum absolute atomic E-state index is 0.0710. The molecule has 1 fully saturated rings. The molecule has 0 bridgehead atoms. The summed E-state index contributed by atoms with van der Waals surface area (Å²) in [7, 11) is 0. The topological polar surface area (TPSA) is 46.3 Å². The van der Waals surface area contributed by atoms with Gasteiger partial charge in [-0.3, -0.25) is 4.79 Å². The minimum Gasteiger partial charge on any atom is -0.338 e. The highest BCUT2D eigenvalue weighted by Gasteiger charge is 2.28. The Morgan fingerprint density at radius 3 is 3.12 bits per heavy atom. The van der Waals surface area contributed by atoms with Crippen molar-refractivity contribution in [2.75, 3.05) is 6.54 Å². The van der Waals surface area contributed by atoms with Crippen LogP contribution in [-0.2, 0) is 11.2 Å². The number of piperidine rings is 1. The lowest BCUT2D eigenvalue weighted by atomic mass is 9.96. The third kappa shape index (κ3) is 3.07. The first kappa shape index (κ1) is 12.6. The summed E-state index contributed by atoms with van der Waals surface area (Å²) in [4.78, 5) is 14.2. The number of carbonyl (C=O) groups excluding carboxylic acids is 1. The predicted molar refractivity (Wildman–Crippen MR) is 71.0 cm³/mol. The van der Waals surface area contributed by atoms with Crippen LogP contribution in [0.1, 0.15) is 31.7 Å². The van der Waals surface area contributed by atoms with Crippen LogP contribution in [0, 0.1) is 0 Å². The second-order valence-corrected chi connectivity index (χ2v) is 5.60. The molecular weight excluding hydrogens is 232 g/mol. The zero-order valence-corrected chi connectivity index (χ0v) is 11.1. The fraction of sp³-hybridized carbons (Fsp3) is 0.615. The highest BCUT2D eigenvalue weighted by molar-refractivity contribution is 7.07. The maximum Gasteiger partial charge on any atom is 0.227 e. The quantitative estimate of drug-likeness (QED) is 0.894. The first-order chi connectivity index (χ1) is 8.18. The number of nitrogens with zero attached hydrogens (tertiary/aromatic N) is 1. The molecule has 1 aromatic heterocycles. The summed E-state index contributed by atoms with van der Waals surface area (Å²) in [5.74, 6) is 0.227. The summed E-state index contributed by atoms with van der Waals surface area (Å²) in [6.45, 7) is 2.87. The fourth-order valence-corrected chi connectivity index (χ4v) is 3.15. The second kappa shape index (κ2) is 5.65. The normalized spacial score (nSPS) is 22.5. The SMILES string of the molecule is C[C@H](N)[C@H]1CCCCN1C(=O)Cc1ccsc1. The van der Waals surface area contributed by atoms with Gasteiger partial charge < -0.3 is 10.6 Å². The van der Waals surface area contributed by atoms with Crippen LogP contribution in [0.25, 0.3) is 0 Å². The van der Waals surface area contributed by atoms with Crippen LogP contribution in [-0.4, -0.2) is 29.4 Å². The van der Waals surface area contributed by atoms with Crippen molar-refractivity contribution in [1.82, 2.24) is 4.90 Å². The number of hydrogen-bond donors (Lipinski definition) is 1. The van der Waals surface area contributed by atoms with E-state index in [1.807, 2.05) is 28.7 Å². The minimum atomic E-state index is 0.0710. The van der Waals surface area contributed by atoms with Crippen LogP contribution in [0.5, 0.6) is 0 Å². The van der Waals surface area contributed by atoms with E-state index in [1.165, 1.54) is 6.42 Å². The van der Waals surface area contributed by atoms with Crippen molar-refractivity contribution in [1.29, 1.82) is 0 Å². The fourth-order valence-electron chi connectivity index (χ4n) is 2.48. The number of likely N-dealkylation sites (tertiary alicyclic amines) is 1. The van der Waals surface area contributed by atoms with Gasteiger partial charge >= 0.3 is 0 Å². The van der Waals surface area contributed by atoms with Crippen molar-refractivity contribution >= 4 is 17.2 Å². The molecule has 1 amide bonds. The van der Waals surface area contributed by atoms with E-state index in [-0.39, 0.29) is 18.0 Å². The van der Waals surface area contributed by atoms with E-state index in [0.29, 0.717) is 6.42 Å². The molecule has 0 unspecified atom stereocenters. The van der Waals surface area contributed by atoms with Crippen molar-refractivity contribution in [3.63, 3.8) is 0 Å². The zero-order chi connectivity index (χ0) is 12.3. The van der Waals surface area contributed by atoms with Crippen LogP contribution in [0.2, 0.25) is 0 Å². The van der Waals surface area contributed by atoms with Gasteiger partial charge in [-0.1, -0.05) is 0 Å². The van der Waals surface area contributed by atoms with E-state index in [9.17, 15) is 4.79 Å². The Morgan fingerprint density at radius 1 is 1.65 bits per heavy atom. The van der Waals surface area contributed by atoms with Gasteiger partial charge in [-0.25, -0.2) is 0 Å². The van der Waals surface area contributed by atoms with Gasteiger partial charge in [0.25, 0.3) is 0 Å². The van der Waals surface area contributed by atoms with Crippen molar-refractivity contribution < 1.29 is 4.79 Å². The Hall–Kier alpha value is -0.870. The summed E-state index contributed by atoms with van der Waals surface area (Å²) in [6.07, 6.45) is 3.87. The molecule has 2 heterocycles. The molecule has 1 aromatic rings. The molecule has 0 radical (unpaired) electrons. The summed E-state index contributed by atoms with van der Waals surface area (Å²) in [5, 5.41) is 4.06. The van der Waals surface area contributed by atoms with Crippen LogP contribution in [0.15, 0.2) is 16.8 Å². The number of amides is 1. The van der Waals surface area contributed by atoms with Gasteiger partial charge in [-0.2, -0.15) is 11.3 Å². The Bertz CT molecular complexity index is 362. The lowest BCUT2D eigenvalue weighted by Gasteiger charge is -2.38. The number of thiophene rings is 1. The third-order valence-electron chi connectivity index (χ3n) is 3.41. The maximum absolute atomic E-state index is 12.3. The molecule has 0 saturated carbocycles. The van der Waals surface area contributed by atoms with E-state index in [1.54, 1.807) is 11.3 Å². The van der Waals surface area contributed by atoms with E-state index in [4.69, 9.17) is 5.73 Å². The number of hydrogen-bond acceptors (Lipinski definition) is 3. The summed E-state index contributed by atoms with van der Waals surface area (Å²) >= 11 is 1.64. The van der Waals surface area contributed by atoms with Crippen LogP contribution >= 0.6 is 11.3 Å². The molecule has 17 heavy (non-hydrogen) atoms. The molecule has 2 rings (SSSR count). The van der Waals surface area contributed by atoms with Crippen molar-refractivity contribution in [3.8, 4) is 0 Å². The van der Waals surface area contributed by atoms with Gasteiger partial charge in [0.05, 0.1) is 6.42 Å². The van der Waals surface area contributed by atoms with Gasteiger partial charge in [0.2, 0.25) is 5.91 Å². The van der Waals surface area contributed by atoms with Crippen LogP contribution in [0.4, 0.5) is 0 Å². The van der Waals surface area contributed by atoms with Gasteiger partial charge in [-0.15, -0.1) is 0 Å². The molecular formula is C13H20N2OS. The van der Waals surface area contributed by atoms with Crippen molar-refractivity contribution in [3.05, 3.63) is 22.4 Å². The van der Waals surface area contributed by atoms with Crippen molar-refractivity contribution in [2.24, 2.45) is 5.73 Å². The van der Waals surface area contributed by atoms with Gasteiger partial charge in [0.15, 0.2) is 0 Å². The second-order valence-electron chi connectivity index (χ2n) is 4.82. The third-order valence-corrected chi connectivity index (χ3v) is 4.14. The van der Waals surface area contributed by atoms with Gasteiger partial charge in [0, 0.05) is 18.6 Å².